The molecule has 0 unspecified atom stereocenters. The highest BCUT2D eigenvalue weighted by atomic mass is 35.5. The molecule has 156 valence electrons. The fraction of sp³-hybridized carbons (Fsp3) is 0.0833. The van der Waals surface area contributed by atoms with Gasteiger partial charge in [-0.15, -0.1) is 0 Å². The van der Waals surface area contributed by atoms with E-state index in [0.29, 0.717) is 38.0 Å². The Bertz CT molecular complexity index is 1160. The minimum atomic E-state index is -0.166. The van der Waals surface area contributed by atoms with Crippen LogP contribution in [0.3, 0.4) is 0 Å². The van der Waals surface area contributed by atoms with E-state index in [2.05, 4.69) is 0 Å². The molecule has 0 spiro atoms. The maximum absolute atomic E-state index is 13.1. The minimum absolute atomic E-state index is 0.166. The Kier molecular flexibility index (Phi) is 6.61. The summed E-state index contributed by atoms with van der Waals surface area (Å²) in [7, 11) is 1.60. The van der Waals surface area contributed by atoms with Crippen LogP contribution in [0, 0.1) is 0 Å². The van der Waals surface area contributed by atoms with Crippen molar-refractivity contribution in [1.29, 1.82) is 0 Å². The maximum Gasteiger partial charge on any atom is 0.270 e. The van der Waals surface area contributed by atoms with Gasteiger partial charge in [0.1, 0.15) is 18.1 Å². The molecule has 0 N–H and O–H groups in total. The standard InChI is InChI=1S/C24H18ClNO3S2/c1-28-19-12-10-18(11-13-19)26-23(27)22(31-24(26)30)14-16-6-3-5-9-21(16)29-15-17-7-2-4-8-20(17)25/h2-14H,15H2,1H3. The molecule has 7 heteroatoms. The van der Waals surface area contributed by atoms with Gasteiger partial charge >= 0.3 is 0 Å². The van der Waals surface area contributed by atoms with Crippen molar-refractivity contribution >= 4 is 57.6 Å². The molecule has 4 nitrogen and oxygen atoms in total. The number of anilines is 1. The van der Waals surface area contributed by atoms with E-state index in [1.54, 1.807) is 19.2 Å². The number of ether oxygens (including phenoxy) is 2. The van der Waals surface area contributed by atoms with E-state index >= 15 is 0 Å². The monoisotopic (exact) mass is 467 g/mol. The van der Waals surface area contributed by atoms with Crippen LogP contribution in [0.5, 0.6) is 11.5 Å². The van der Waals surface area contributed by atoms with Crippen molar-refractivity contribution in [2.45, 2.75) is 6.61 Å². The normalized spacial score (nSPS) is 14.9. The number of hydrogen-bond acceptors (Lipinski definition) is 5. The van der Waals surface area contributed by atoms with Gasteiger partial charge in [0, 0.05) is 16.1 Å². The first-order chi connectivity index (χ1) is 15.1. The molecule has 1 amide bonds. The summed E-state index contributed by atoms with van der Waals surface area (Å²) in [5.41, 5.74) is 2.39. The molecule has 31 heavy (non-hydrogen) atoms. The van der Waals surface area contributed by atoms with Gasteiger partial charge in [0.05, 0.1) is 17.7 Å². The predicted octanol–water partition coefficient (Wildman–Crippen LogP) is 6.33. The second-order valence-electron chi connectivity index (χ2n) is 6.63. The summed E-state index contributed by atoms with van der Waals surface area (Å²) in [6.45, 7) is 0.331. The molecule has 0 bridgehead atoms. The van der Waals surface area contributed by atoms with Crippen molar-refractivity contribution < 1.29 is 14.3 Å². The largest absolute Gasteiger partial charge is 0.497 e. The van der Waals surface area contributed by atoms with Crippen LogP contribution >= 0.6 is 35.6 Å². The topological polar surface area (TPSA) is 38.8 Å². The Morgan fingerprint density at radius 2 is 1.74 bits per heavy atom. The molecule has 3 aromatic carbocycles. The lowest BCUT2D eigenvalue weighted by Crippen LogP contribution is -2.27. The number of halogens is 1. The molecule has 1 fully saturated rings. The highest BCUT2D eigenvalue weighted by Gasteiger charge is 2.33. The summed E-state index contributed by atoms with van der Waals surface area (Å²) in [6.07, 6.45) is 1.81. The summed E-state index contributed by atoms with van der Waals surface area (Å²) in [5, 5.41) is 0.653. The van der Waals surface area contributed by atoms with E-state index < -0.39 is 0 Å². The number of hydrogen-bond donors (Lipinski definition) is 0. The van der Waals surface area contributed by atoms with Gasteiger partial charge in [0.25, 0.3) is 5.91 Å². The van der Waals surface area contributed by atoms with Gasteiger partial charge in [-0.1, -0.05) is 72.0 Å². The molecule has 3 aromatic rings. The van der Waals surface area contributed by atoms with Crippen LogP contribution in [-0.2, 0) is 11.4 Å². The maximum atomic E-state index is 13.1. The number of nitrogens with zero attached hydrogens (tertiary/aromatic N) is 1. The second-order valence-corrected chi connectivity index (χ2v) is 8.72. The molecule has 0 atom stereocenters. The SMILES string of the molecule is COc1ccc(N2C(=O)C(=Cc3ccccc3OCc3ccccc3Cl)SC2=S)cc1. The Labute approximate surface area is 195 Å². The van der Waals surface area contributed by atoms with Crippen molar-refractivity contribution in [3.8, 4) is 11.5 Å². The van der Waals surface area contributed by atoms with Crippen molar-refractivity contribution in [3.63, 3.8) is 0 Å². The van der Waals surface area contributed by atoms with E-state index in [4.69, 9.17) is 33.3 Å². The summed E-state index contributed by atoms with van der Waals surface area (Å²) in [6, 6.07) is 22.3. The zero-order chi connectivity index (χ0) is 21.8. The van der Waals surface area contributed by atoms with Crippen LogP contribution in [0.4, 0.5) is 5.69 Å². The first kappa shape index (κ1) is 21.4. The molecule has 4 rings (SSSR count). The van der Waals surface area contributed by atoms with Crippen LogP contribution in [0.25, 0.3) is 6.08 Å². The Balaban J connectivity index is 1.56. The number of thiocarbonyl (C=S) groups is 1. The molecular formula is C24H18ClNO3S2. The number of carbonyl (C=O) groups is 1. The van der Waals surface area contributed by atoms with Crippen molar-refractivity contribution in [2.24, 2.45) is 0 Å². The van der Waals surface area contributed by atoms with E-state index in [0.717, 1.165) is 11.1 Å². The summed E-state index contributed by atoms with van der Waals surface area (Å²) >= 11 is 13.0. The van der Waals surface area contributed by atoms with Crippen molar-refractivity contribution in [3.05, 3.63) is 93.9 Å². The number of carbonyl (C=O) groups excluding carboxylic acids is 1. The summed E-state index contributed by atoms with van der Waals surface area (Å²) < 4.78 is 11.7. The fourth-order valence-electron chi connectivity index (χ4n) is 3.07. The molecule has 1 heterocycles. The number of benzene rings is 3. The van der Waals surface area contributed by atoms with Gasteiger partial charge < -0.3 is 9.47 Å². The van der Waals surface area contributed by atoms with Crippen LogP contribution in [0.1, 0.15) is 11.1 Å². The molecule has 1 saturated heterocycles. The highest BCUT2D eigenvalue weighted by molar-refractivity contribution is 8.27. The molecule has 0 saturated carbocycles. The third-order valence-electron chi connectivity index (χ3n) is 4.67. The highest BCUT2D eigenvalue weighted by Crippen LogP contribution is 2.37. The van der Waals surface area contributed by atoms with Crippen molar-refractivity contribution in [2.75, 3.05) is 12.0 Å². The first-order valence-corrected chi connectivity index (χ1v) is 11.0. The molecular weight excluding hydrogens is 450 g/mol. The molecule has 1 aliphatic rings. The average Bonchev–Trinajstić information content (AvgIpc) is 3.07. The summed E-state index contributed by atoms with van der Waals surface area (Å²) in [5.74, 6) is 1.22. The van der Waals surface area contributed by atoms with E-state index in [9.17, 15) is 4.79 Å². The molecule has 0 aromatic heterocycles. The third-order valence-corrected chi connectivity index (χ3v) is 6.34. The fourth-order valence-corrected chi connectivity index (χ4v) is 4.55. The lowest BCUT2D eigenvalue weighted by molar-refractivity contribution is -0.113. The van der Waals surface area contributed by atoms with E-state index in [1.165, 1.54) is 16.7 Å². The van der Waals surface area contributed by atoms with Gasteiger partial charge in [-0.25, -0.2) is 0 Å². The summed E-state index contributed by atoms with van der Waals surface area (Å²) in [4.78, 5) is 15.1. The molecule has 0 radical (unpaired) electrons. The minimum Gasteiger partial charge on any atom is -0.497 e. The number of para-hydroxylation sites is 1. The van der Waals surface area contributed by atoms with Gasteiger partial charge in [-0.3, -0.25) is 9.69 Å². The van der Waals surface area contributed by atoms with Gasteiger partial charge in [-0.05, 0) is 42.5 Å². The second kappa shape index (κ2) is 9.56. The first-order valence-electron chi connectivity index (χ1n) is 9.44. The Hall–Kier alpha value is -2.80. The molecule has 0 aliphatic carbocycles. The number of amides is 1. The van der Waals surface area contributed by atoms with E-state index in [-0.39, 0.29) is 5.91 Å². The van der Waals surface area contributed by atoms with Gasteiger partial charge in [0.15, 0.2) is 4.32 Å². The van der Waals surface area contributed by atoms with Crippen LogP contribution in [0.2, 0.25) is 5.02 Å². The Morgan fingerprint density at radius 1 is 1.03 bits per heavy atom. The quantitative estimate of drug-likeness (QED) is 0.312. The zero-order valence-corrected chi connectivity index (χ0v) is 19.0. The van der Waals surface area contributed by atoms with Crippen molar-refractivity contribution in [1.82, 2.24) is 0 Å². The lowest BCUT2D eigenvalue weighted by atomic mass is 10.1. The van der Waals surface area contributed by atoms with Gasteiger partial charge in [0.2, 0.25) is 0 Å². The zero-order valence-electron chi connectivity index (χ0n) is 16.6. The number of methoxy groups -OCH3 is 1. The Morgan fingerprint density at radius 3 is 2.48 bits per heavy atom. The molecule has 1 aliphatic heterocycles. The van der Waals surface area contributed by atoms with E-state index in [1.807, 2.05) is 66.7 Å². The predicted molar refractivity (Wildman–Crippen MR) is 131 cm³/mol. The number of thioether (sulfide) groups is 1. The smallest absolute Gasteiger partial charge is 0.270 e. The van der Waals surface area contributed by atoms with Crippen LogP contribution in [0.15, 0.2) is 77.7 Å². The van der Waals surface area contributed by atoms with Crippen LogP contribution < -0.4 is 14.4 Å². The van der Waals surface area contributed by atoms with Crippen LogP contribution in [-0.4, -0.2) is 17.3 Å². The lowest BCUT2D eigenvalue weighted by Gasteiger charge is -2.14. The third kappa shape index (κ3) is 4.77. The number of rotatable bonds is 6. The van der Waals surface area contributed by atoms with Gasteiger partial charge in [-0.2, -0.15) is 0 Å². The average molecular weight is 468 g/mol.